The van der Waals surface area contributed by atoms with Crippen LogP contribution in [0.3, 0.4) is 0 Å². The lowest BCUT2D eigenvalue weighted by Gasteiger charge is -2.16. The zero-order valence-corrected chi connectivity index (χ0v) is 17.1. The molecule has 1 aliphatic rings. The Balaban J connectivity index is 1.51. The van der Waals surface area contributed by atoms with E-state index in [1.54, 1.807) is 28.6 Å². The van der Waals surface area contributed by atoms with Gasteiger partial charge in [-0.3, -0.25) is 4.79 Å². The maximum Gasteiger partial charge on any atom is 0.251 e. The maximum atomic E-state index is 12.4. The minimum absolute atomic E-state index is 0.0115. The summed E-state index contributed by atoms with van der Waals surface area (Å²) in [5, 5.41) is 3.01. The van der Waals surface area contributed by atoms with Crippen LogP contribution in [0.1, 0.15) is 47.7 Å². The molecule has 0 bridgehead atoms. The fraction of sp³-hybridized carbons (Fsp3) is 0.409. The highest BCUT2D eigenvalue weighted by Gasteiger charge is 2.25. The van der Waals surface area contributed by atoms with Gasteiger partial charge in [0.05, 0.1) is 5.75 Å². The molecule has 1 atom stereocenters. The highest BCUT2D eigenvalue weighted by Crippen LogP contribution is 2.17. The predicted molar refractivity (Wildman–Crippen MR) is 112 cm³/mol. The molecule has 150 valence electrons. The number of sulfonamides is 1. The minimum Gasteiger partial charge on any atom is -0.350 e. The molecule has 0 spiro atoms. The first-order chi connectivity index (χ1) is 13.4. The number of rotatable bonds is 8. The second kappa shape index (κ2) is 9.34. The number of hydrogen-bond acceptors (Lipinski definition) is 3. The lowest BCUT2D eigenvalue weighted by atomic mass is 10.1. The molecule has 0 saturated carbocycles. The number of nitrogens with one attached hydrogen (secondary N) is 1. The summed E-state index contributed by atoms with van der Waals surface area (Å²) >= 11 is 0. The van der Waals surface area contributed by atoms with Crippen molar-refractivity contribution in [1.29, 1.82) is 0 Å². The third-order valence-electron chi connectivity index (χ3n) is 5.11. The minimum atomic E-state index is -3.27. The SMILES string of the molecule is CC(CCc1ccccc1)NC(=O)c1ccc(CS(=O)(=O)N2CCCC2)cc1. The Hall–Kier alpha value is -2.18. The Kier molecular flexibility index (Phi) is 6.86. The summed E-state index contributed by atoms with van der Waals surface area (Å²) in [6.45, 7) is 3.23. The summed E-state index contributed by atoms with van der Waals surface area (Å²) in [6.07, 6.45) is 3.64. The maximum absolute atomic E-state index is 12.4. The van der Waals surface area contributed by atoms with Crippen LogP contribution in [0.2, 0.25) is 0 Å². The third-order valence-corrected chi connectivity index (χ3v) is 6.96. The fourth-order valence-corrected chi connectivity index (χ4v) is 5.04. The molecule has 2 aromatic rings. The van der Waals surface area contributed by atoms with E-state index in [2.05, 4.69) is 17.4 Å². The molecule has 0 radical (unpaired) electrons. The van der Waals surface area contributed by atoms with E-state index in [-0.39, 0.29) is 17.7 Å². The summed E-state index contributed by atoms with van der Waals surface area (Å²) in [7, 11) is -3.27. The monoisotopic (exact) mass is 400 g/mol. The summed E-state index contributed by atoms with van der Waals surface area (Å²) in [6, 6.07) is 17.1. The second-order valence-electron chi connectivity index (χ2n) is 7.46. The van der Waals surface area contributed by atoms with Gasteiger partial charge >= 0.3 is 0 Å². The van der Waals surface area contributed by atoms with Gasteiger partial charge in [-0.2, -0.15) is 0 Å². The first-order valence-corrected chi connectivity index (χ1v) is 11.5. The number of aryl methyl sites for hydroxylation is 1. The standard InChI is InChI=1S/C22H28N2O3S/c1-18(9-10-19-7-3-2-4-8-19)23-22(25)21-13-11-20(12-14-21)17-28(26,27)24-15-5-6-16-24/h2-4,7-8,11-14,18H,5-6,9-10,15-17H2,1H3,(H,23,25). The molecule has 1 unspecified atom stereocenters. The molecule has 3 rings (SSSR count). The van der Waals surface area contributed by atoms with Crippen LogP contribution in [0.15, 0.2) is 54.6 Å². The van der Waals surface area contributed by atoms with E-state index >= 15 is 0 Å². The molecule has 0 aliphatic carbocycles. The van der Waals surface area contributed by atoms with Crippen molar-refractivity contribution in [2.24, 2.45) is 0 Å². The number of nitrogens with zero attached hydrogens (tertiary/aromatic N) is 1. The van der Waals surface area contributed by atoms with Crippen LogP contribution in [0, 0.1) is 0 Å². The molecule has 1 saturated heterocycles. The number of benzene rings is 2. The van der Waals surface area contributed by atoms with Crippen molar-refractivity contribution < 1.29 is 13.2 Å². The zero-order valence-electron chi connectivity index (χ0n) is 16.3. The Morgan fingerprint density at radius 2 is 1.64 bits per heavy atom. The molecule has 28 heavy (non-hydrogen) atoms. The summed E-state index contributed by atoms with van der Waals surface area (Å²) in [4.78, 5) is 12.4. The first kappa shape index (κ1) is 20.6. The molecular weight excluding hydrogens is 372 g/mol. The van der Waals surface area contributed by atoms with E-state index in [0.717, 1.165) is 25.7 Å². The van der Waals surface area contributed by atoms with Crippen LogP contribution in [0.25, 0.3) is 0 Å². The average molecular weight is 401 g/mol. The van der Waals surface area contributed by atoms with Crippen molar-refractivity contribution in [3.63, 3.8) is 0 Å². The molecule has 5 nitrogen and oxygen atoms in total. The quantitative estimate of drug-likeness (QED) is 0.739. The molecule has 1 heterocycles. The fourth-order valence-electron chi connectivity index (χ4n) is 3.43. The Morgan fingerprint density at radius 3 is 2.29 bits per heavy atom. The number of carbonyl (C=O) groups excluding carboxylic acids is 1. The normalized spacial score (nSPS) is 16.0. The summed E-state index contributed by atoms with van der Waals surface area (Å²) < 4.78 is 26.4. The molecule has 1 amide bonds. The average Bonchev–Trinajstić information content (AvgIpc) is 3.23. The molecule has 6 heteroatoms. The van der Waals surface area contributed by atoms with Crippen molar-refractivity contribution >= 4 is 15.9 Å². The lowest BCUT2D eigenvalue weighted by Crippen LogP contribution is -2.33. The molecule has 0 aromatic heterocycles. The predicted octanol–water partition coefficient (Wildman–Crippen LogP) is 3.36. The zero-order chi connectivity index (χ0) is 20.0. The number of amides is 1. The Labute approximate surface area is 167 Å². The largest absolute Gasteiger partial charge is 0.350 e. The van der Waals surface area contributed by atoms with Gasteiger partial charge in [0.1, 0.15) is 0 Å². The molecule has 1 fully saturated rings. The van der Waals surface area contributed by atoms with Crippen molar-refractivity contribution in [1.82, 2.24) is 9.62 Å². The van der Waals surface area contributed by atoms with Gasteiger partial charge < -0.3 is 5.32 Å². The van der Waals surface area contributed by atoms with E-state index in [4.69, 9.17) is 0 Å². The van der Waals surface area contributed by atoms with Gasteiger partial charge in [-0.15, -0.1) is 0 Å². The van der Waals surface area contributed by atoms with Crippen molar-refractivity contribution in [3.8, 4) is 0 Å². The Morgan fingerprint density at radius 1 is 1.00 bits per heavy atom. The van der Waals surface area contributed by atoms with Gasteiger partial charge in [0.15, 0.2) is 0 Å². The van der Waals surface area contributed by atoms with Crippen LogP contribution in [-0.2, 0) is 22.2 Å². The molecule has 1 N–H and O–H groups in total. The summed E-state index contributed by atoms with van der Waals surface area (Å²) in [5.74, 6) is -0.142. The van der Waals surface area contributed by atoms with Crippen molar-refractivity contribution in [2.75, 3.05) is 13.1 Å². The highest BCUT2D eigenvalue weighted by molar-refractivity contribution is 7.88. The number of hydrogen-bond donors (Lipinski definition) is 1. The van der Waals surface area contributed by atoms with Gasteiger partial charge in [0.2, 0.25) is 10.0 Å². The Bertz CT molecular complexity index is 874. The second-order valence-corrected chi connectivity index (χ2v) is 9.43. The van der Waals surface area contributed by atoms with E-state index in [0.29, 0.717) is 24.2 Å². The van der Waals surface area contributed by atoms with E-state index in [1.165, 1.54) is 5.56 Å². The van der Waals surface area contributed by atoms with Crippen LogP contribution < -0.4 is 5.32 Å². The topological polar surface area (TPSA) is 66.5 Å². The van der Waals surface area contributed by atoms with Crippen LogP contribution in [0.4, 0.5) is 0 Å². The van der Waals surface area contributed by atoms with Crippen LogP contribution in [0.5, 0.6) is 0 Å². The van der Waals surface area contributed by atoms with E-state index in [9.17, 15) is 13.2 Å². The van der Waals surface area contributed by atoms with Crippen LogP contribution in [-0.4, -0.2) is 37.8 Å². The number of carbonyl (C=O) groups is 1. The van der Waals surface area contributed by atoms with Crippen LogP contribution >= 0.6 is 0 Å². The van der Waals surface area contributed by atoms with Gasteiger partial charge in [-0.05, 0) is 55.9 Å². The highest BCUT2D eigenvalue weighted by atomic mass is 32.2. The summed E-state index contributed by atoms with van der Waals surface area (Å²) in [5.41, 5.74) is 2.52. The van der Waals surface area contributed by atoms with Gasteiger partial charge in [-0.25, -0.2) is 12.7 Å². The first-order valence-electron chi connectivity index (χ1n) is 9.85. The van der Waals surface area contributed by atoms with Crippen molar-refractivity contribution in [3.05, 3.63) is 71.3 Å². The van der Waals surface area contributed by atoms with Gasteiger partial charge in [-0.1, -0.05) is 42.5 Å². The third kappa shape index (κ3) is 5.66. The van der Waals surface area contributed by atoms with Gasteiger partial charge in [0.25, 0.3) is 5.91 Å². The molecule has 1 aliphatic heterocycles. The smallest absolute Gasteiger partial charge is 0.251 e. The lowest BCUT2D eigenvalue weighted by molar-refractivity contribution is 0.0938. The molecular formula is C22H28N2O3S. The van der Waals surface area contributed by atoms with Gasteiger partial charge in [0, 0.05) is 24.7 Å². The van der Waals surface area contributed by atoms with Crippen molar-refractivity contribution in [2.45, 2.75) is 44.4 Å². The molecule has 2 aromatic carbocycles. The van der Waals surface area contributed by atoms with E-state index in [1.807, 2.05) is 25.1 Å². The van der Waals surface area contributed by atoms with E-state index < -0.39 is 10.0 Å².